The highest BCUT2D eigenvalue weighted by Gasteiger charge is 2.43. The van der Waals surface area contributed by atoms with Crippen molar-refractivity contribution in [3.63, 3.8) is 0 Å². The van der Waals surface area contributed by atoms with Crippen molar-refractivity contribution < 1.29 is 27.5 Å². The van der Waals surface area contributed by atoms with E-state index in [0.717, 1.165) is 22.4 Å². The first kappa shape index (κ1) is 26.9. The maximum atomic E-state index is 13.2. The van der Waals surface area contributed by atoms with Crippen LogP contribution in [0.15, 0.2) is 71.6 Å². The molecule has 0 unspecified atom stereocenters. The van der Waals surface area contributed by atoms with Gasteiger partial charge in [0.25, 0.3) is 5.91 Å². The summed E-state index contributed by atoms with van der Waals surface area (Å²) in [6.07, 6.45) is 0.803. The minimum atomic E-state index is -3.69. The van der Waals surface area contributed by atoms with Crippen LogP contribution in [-0.2, 0) is 26.2 Å². The zero-order valence-electron chi connectivity index (χ0n) is 22.1. The molecule has 0 aromatic heterocycles. The van der Waals surface area contributed by atoms with Crippen molar-refractivity contribution in [2.24, 2.45) is 0 Å². The Morgan fingerprint density at radius 2 is 1.56 bits per heavy atom. The minimum Gasteiger partial charge on any atom is -0.462 e. The highest BCUT2D eigenvalue weighted by Crippen LogP contribution is 2.40. The monoisotopic (exact) mass is 549 g/mol. The molecule has 3 aromatic rings. The fraction of sp³-hybridized carbons (Fsp3) is 0.310. The number of sulfonamides is 1. The molecule has 1 saturated heterocycles. The number of rotatable bonds is 5. The van der Waals surface area contributed by atoms with Crippen LogP contribution in [0, 0.1) is 0 Å². The van der Waals surface area contributed by atoms with E-state index in [1.165, 1.54) is 23.4 Å². The first-order chi connectivity index (χ1) is 18.6. The summed E-state index contributed by atoms with van der Waals surface area (Å²) in [4.78, 5) is 25.1. The number of carbonyl (C=O) groups excluding carboxylic acids is 2. The molecule has 0 bridgehead atoms. The van der Waals surface area contributed by atoms with E-state index in [9.17, 15) is 18.0 Å². The lowest BCUT2D eigenvalue weighted by Crippen LogP contribution is -2.52. The second-order valence-electron chi connectivity index (χ2n) is 10.0. The Balaban J connectivity index is 1.24. The first-order valence-corrected chi connectivity index (χ1v) is 14.2. The van der Waals surface area contributed by atoms with Crippen LogP contribution < -0.4 is 10.1 Å². The molecule has 9 nitrogen and oxygen atoms in total. The SMILES string of the molecule is CC(=O)Nc1ccc(S(=O)(=O)N2CCC3(CC2)OCc2cc(-c4ccc(C(=O)N(C)C)cc4)ccc2O3)cc1. The molecule has 10 heteroatoms. The fourth-order valence-electron chi connectivity index (χ4n) is 4.85. The van der Waals surface area contributed by atoms with Crippen LogP contribution in [0.2, 0.25) is 0 Å². The van der Waals surface area contributed by atoms with E-state index < -0.39 is 15.8 Å². The van der Waals surface area contributed by atoms with Gasteiger partial charge >= 0.3 is 0 Å². The Hall–Kier alpha value is -3.73. The van der Waals surface area contributed by atoms with Gasteiger partial charge in [0.05, 0.1) is 11.5 Å². The molecule has 2 aliphatic rings. The van der Waals surface area contributed by atoms with E-state index in [2.05, 4.69) is 5.32 Å². The lowest BCUT2D eigenvalue weighted by Gasteiger charge is -2.43. The summed E-state index contributed by atoms with van der Waals surface area (Å²) in [5.74, 6) is -0.402. The summed E-state index contributed by atoms with van der Waals surface area (Å²) in [6.45, 7) is 2.29. The van der Waals surface area contributed by atoms with E-state index in [1.807, 2.05) is 42.5 Å². The number of piperidine rings is 1. The predicted molar refractivity (Wildman–Crippen MR) is 147 cm³/mol. The molecule has 2 aliphatic heterocycles. The lowest BCUT2D eigenvalue weighted by atomic mass is 9.99. The van der Waals surface area contributed by atoms with Crippen molar-refractivity contribution in [1.29, 1.82) is 0 Å². The average molecular weight is 550 g/mol. The zero-order chi connectivity index (χ0) is 27.8. The number of nitrogens with one attached hydrogen (secondary N) is 1. The first-order valence-electron chi connectivity index (χ1n) is 12.7. The van der Waals surface area contributed by atoms with Crippen LogP contribution in [0.5, 0.6) is 5.75 Å². The normalized spacial score (nSPS) is 16.7. The largest absolute Gasteiger partial charge is 0.462 e. The third-order valence-electron chi connectivity index (χ3n) is 7.02. The van der Waals surface area contributed by atoms with Gasteiger partial charge in [-0.25, -0.2) is 8.42 Å². The van der Waals surface area contributed by atoms with Crippen LogP contribution in [0.25, 0.3) is 11.1 Å². The number of ether oxygens (including phenoxy) is 2. The van der Waals surface area contributed by atoms with Gasteiger partial charge in [-0.15, -0.1) is 0 Å². The van der Waals surface area contributed by atoms with Gasteiger partial charge in [0.1, 0.15) is 5.75 Å². The average Bonchev–Trinajstić information content (AvgIpc) is 2.92. The second-order valence-corrected chi connectivity index (χ2v) is 11.9. The quantitative estimate of drug-likeness (QED) is 0.514. The number of fused-ring (bicyclic) bond motifs is 1. The van der Waals surface area contributed by atoms with Gasteiger partial charge < -0.3 is 19.7 Å². The van der Waals surface area contributed by atoms with Gasteiger partial charge in [0, 0.05) is 63.8 Å². The van der Waals surface area contributed by atoms with Gasteiger partial charge in [0.15, 0.2) is 0 Å². The fourth-order valence-corrected chi connectivity index (χ4v) is 6.29. The zero-order valence-corrected chi connectivity index (χ0v) is 23.0. The van der Waals surface area contributed by atoms with E-state index in [4.69, 9.17) is 9.47 Å². The molecular formula is C29H31N3O6S. The standard InChI is InChI=1S/C29H31N3O6S/c1-20(33)30-25-9-11-26(12-10-25)39(35,36)32-16-14-29(15-17-32)37-19-24-18-23(8-13-27(24)38-29)21-4-6-22(7-5-21)28(34)31(2)3/h4-13,18H,14-17,19H2,1-3H3,(H,30,33). The number of benzene rings is 3. The Kier molecular flexibility index (Phi) is 7.19. The lowest BCUT2D eigenvalue weighted by molar-refractivity contribution is -0.223. The summed E-state index contributed by atoms with van der Waals surface area (Å²) in [5.41, 5.74) is 4.07. The molecule has 5 rings (SSSR count). The number of nitrogens with zero attached hydrogens (tertiary/aromatic N) is 2. The summed E-state index contributed by atoms with van der Waals surface area (Å²) < 4.78 is 40.3. The molecule has 3 aromatic carbocycles. The highest BCUT2D eigenvalue weighted by atomic mass is 32.2. The number of carbonyl (C=O) groups is 2. The molecule has 0 radical (unpaired) electrons. The topological polar surface area (TPSA) is 105 Å². The van der Waals surface area contributed by atoms with Gasteiger partial charge in [-0.3, -0.25) is 9.59 Å². The van der Waals surface area contributed by atoms with Crippen molar-refractivity contribution >= 4 is 27.5 Å². The Bertz CT molecular complexity index is 1490. The van der Waals surface area contributed by atoms with E-state index in [-0.39, 0.29) is 29.8 Å². The van der Waals surface area contributed by atoms with E-state index in [1.54, 1.807) is 31.1 Å². The van der Waals surface area contributed by atoms with Crippen LogP contribution in [0.1, 0.15) is 35.7 Å². The summed E-state index contributed by atoms with van der Waals surface area (Å²) >= 11 is 0. The Morgan fingerprint density at radius 1 is 0.923 bits per heavy atom. The van der Waals surface area contributed by atoms with Crippen LogP contribution in [0.3, 0.4) is 0 Å². The molecule has 1 fully saturated rings. The van der Waals surface area contributed by atoms with Crippen molar-refractivity contribution in [2.75, 3.05) is 32.5 Å². The van der Waals surface area contributed by atoms with Crippen molar-refractivity contribution in [1.82, 2.24) is 9.21 Å². The maximum absolute atomic E-state index is 13.2. The third-order valence-corrected chi connectivity index (χ3v) is 8.93. The van der Waals surface area contributed by atoms with Gasteiger partial charge in [-0.05, 0) is 59.7 Å². The van der Waals surface area contributed by atoms with Crippen molar-refractivity contribution in [3.8, 4) is 16.9 Å². The smallest absolute Gasteiger partial charge is 0.253 e. The van der Waals surface area contributed by atoms with Gasteiger partial charge in [-0.2, -0.15) is 4.31 Å². The van der Waals surface area contributed by atoms with Crippen LogP contribution in [-0.4, -0.2) is 62.4 Å². The Labute approximate surface area is 228 Å². The maximum Gasteiger partial charge on any atom is 0.253 e. The number of anilines is 1. The molecular weight excluding hydrogens is 518 g/mol. The minimum absolute atomic E-state index is 0.0437. The van der Waals surface area contributed by atoms with Crippen LogP contribution in [0.4, 0.5) is 5.69 Å². The third kappa shape index (κ3) is 5.54. The number of hydrogen-bond donors (Lipinski definition) is 1. The van der Waals surface area contributed by atoms with Gasteiger partial charge in [-0.1, -0.05) is 18.2 Å². The predicted octanol–water partition coefficient (Wildman–Crippen LogP) is 4.10. The molecule has 0 atom stereocenters. The molecule has 0 saturated carbocycles. The molecule has 2 amide bonds. The molecule has 1 N–H and O–H groups in total. The molecule has 39 heavy (non-hydrogen) atoms. The second kappa shape index (κ2) is 10.4. The van der Waals surface area contributed by atoms with Crippen molar-refractivity contribution in [2.45, 2.75) is 37.1 Å². The van der Waals surface area contributed by atoms with Crippen molar-refractivity contribution in [3.05, 3.63) is 77.9 Å². The summed E-state index contributed by atoms with van der Waals surface area (Å²) in [7, 11) is -0.234. The number of hydrogen-bond acceptors (Lipinski definition) is 6. The number of amides is 2. The summed E-state index contributed by atoms with van der Waals surface area (Å²) in [5, 5.41) is 2.64. The highest BCUT2D eigenvalue weighted by molar-refractivity contribution is 7.89. The summed E-state index contributed by atoms with van der Waals surface area (Å²) in [6, 6.07) is 19.6. The van der Waals surface area contributed by atoms with Gasteiger partial charge in [0.2, 0.25) is 21.7 Å². The van der Waals surface area contributed by atoms with E-state index >= 15 is 0 Å². The van der Waals surface area contributed by atoms with E-state index in [0.29, 0.717) is 30.7 Å². The molecule has 0 aliphatic carbocycles. The Morgan fingerprint density at radius 3 is 2.18 bits per heavy atom. The molecule has 1 spiro atoms. The van der Waals surface area contributed by atoms with Crippen LogP contribution >= 0.6 is 0 Å². The molecule has 2 heterocycles. The molecule has 204 valence electrons.